The molecule has 0 fully saturated rings. The first-order valence-electron chi connectivity index (χ1n) is 4.12. The molecule has 0 spiro atoms. The highest BCUT2D eigenvalue weighted by Crippen LogP contribution is 2.15. The molecule has 0 bridgehead atoms. The molecule has 0 aromatic heterocycles. The van der Waals surface area contributed by atoms with Crippen LogP contribution in [0.3, 0.4) is 0 Å². The molecule has 0 radical (unpaired) electrons. The van der Waals surface area contributed by atoms with Gasteiger partial charge in [0.2, 0.25) is 0 Å². The third-order valence-electron chi connectivity index (χ3n) is 1.73. The lowest BCUT2D eigenvalue weighted by Crippen LogP contribution is -2.05. The van der Waals surface area contributed by atoms with Crippen molar-refractivity contribution in [3.05, 3.63) is 48.6 Å². The summed E-state index contributed by atoms with van der Waals surface area (Å²) in [5.74, 6) is -0.392. The molecule has 13 heavy (non-hydrogen) atoms. The first-order chi connectivity index (χ1) is 6.24. The van der Waals surface area contributed by atoms with Crippen LogP contribution in [0.5, 0.6) is 0 Å². The molecule has 2 heteroatoms. The summed E-state index contributed by atoms with van der Waals surface area (Å²) < 4.78 is 5.03. The molecule has 0 heterocycles. The van der Waals surface area contributed by atoms with Crippen molar-refractivity contribution < 1.29 is 9.53 Å². The van der Waals surface area contributed by atoms with Crippen LogP contribution < -0.4 is 0 Å². The SMILES string of the molecule is C=CC(=O)O[C@H](C)c1ccccc1. The number of hydrogen-bond acceptors (Lipinski definition) is 2. The summed E-state index contributed by atoms with van der Waals surface area (Å²) in [5, 5.41) is 0. The van der Waals surface area contributed by atoms with Crippen LogP contribution in [0.15, 0.2) is 43.0 Å². The Bertz CT molecular complexity index is 290. The van der Waals surface area contributed by atoms with E-state index in [-0.39, 0.29) is 6.10 Å². The van der Waals surface area contributed by atoms with Crippen molar-refractivity contribution in [1.29, 1.82) is 0 Å². The molecule has 0 amide bonds. The van der Waals surface area contributed by atoms with Crippen molar-refractivity contribution in [3.63, 3.8) is 0 Å². The Kier molecular flexibility index (Phi) is 3.26. The fraction of sp³-hybridized carbons (Fsp3) is 0.182. The fourth-order valence-electron chi connectivity index (χ4n) is 1.01. The van der Waals surface area contributed by atoms with Crippen LogP contribution in [-0.4, -0.2) is 5.97 Å². The molecule has 1 rings (SSSR count). The average molecular weight is 176 g/mol. The lowest BCUT2D eigenvalue weighted by Gasteiger charge is -2.11. The molecule has 0 unspecified atom stereocenters. The van der Waals surface area contributed by atoms with Crippen LogP contribution in [0.2, 0.25) is 0 Å². The highest BCUT2D eigenvalue weighted by atomic mass is 16.5. The summed E-state index contributed by atoms with van der Waals surface area (Å²) in [6, 6.07) is 9.58. The van der Waals surface area contributed by atoms with Gasteiger partial charge in [0.05, 0.1) is 0 Å². The van der Waals surface area contributed by atoms with Crippen LogP contribution in [0.4, 0.5) is 0 Å². The third-order valence-corrected chi connectivity index (χ3v) is 1.73. The number of rotatable bonds is 3. The fourth-order valence-corrected chi connectivity index (χ4v) is 1.01. The Morgan fingerprint density at radius 3 is 2.62 bits per heavy atom. The van der Waals surface area contributed by atoms with Crippen LogP contribution in [0.25, 0.3) is 0 Å². The maximum absolute atomic E-state index is 10.9. The van der Waals surface area contributed by atoms with Crippen molar-refractivity contribution in [2.45, 2.75) is 13.0 Å². The van der Waals surface area contributed by atoms with Crippen molar-refractivity contribution >= 4 is 5.97 Å². The van der Waals surface area contributed by atoms with Crippen LogP contribution >= 0.6 is 0 Å². The van der Waals surface area contributed by atoms with Gasteiger partial charge >= 0.3 is 5.97 Å². The minimum Gasteiger partial charge on any atom is -0.455 e. The normalized spacial score (nSPS) is 11.8. The van der Waals surface area contributed by atoms with Gasteiger partial charge < -0.3 is 4.74 Å². The molecule has 68 valence electrons. The first kappa shape index (κ1) is 9.52. The summed E-state index contributed by atoms with van der Waals surface area (Å²) in [4.78, 5) is 10.9. The summed E-state index contributed by atoms with van der Waals surface area (Å²) in [6.07, 6.45) is 0.950. The molecule has 0 aliphatic heterocycles. The topological polar surface area (TPSA) is 26.3 Å². The second-order valence-electron chi connectivity index (χ2n) is 2.69. The number of carbonyl (C=O) groups excluding carboxylic acids is 1. The molecule has 2 nitrogen and oxygen atoms in total. The maximum atomic E-state index is 10.9. The summed E-state index contributed by atoms with van der Waals surface area (Å²) in [6.45, 7) is 5.16. The Morgan fingerprint density at radius 1 is 1.46 bits per heavy atom. The second kappa shape index (κ2) is 4.45. The molecule has 1 atom stereocenters. The zero-order valence-electron chi connectivity index (χ0n) is 7.57. The van der Waals surface area contributed by atoms with Gasteiger partial charge in [0.15, 0.2) is 0 Å². The maximum Gasteiger partial charge on any atom is 0.330 e. The van der Waals surface area contributed by atoms with Gasteiger partial charge in [0.1, 0.15) is 6.10 Å². The smallest absolute Gasteiger partial charge is 0.330 e. The first-order valence-corrected chi connectivity index (χ1v) is 4.12. The van der Waals surface area contributed by atoms with Crippen LogP contribution in [-0.2, 0) is 9.53 Å². The standard InChI is InChI=1S/C11H12O2/c1-3-11(12)13-9(2)10-7-5-4-6-8-10/h3-9H,1H2,2H3/t9-/m1/s1. The van der Waals surface area contributed by atoms with Crippen LogP contribution in [0, 0.1) is 0 Å². The van der Waals surface area contributed by atoms with E-state index in [1.807, 2.05) is 37.3 Å². The lowest BCUT2D eigenvalue weighted by atomic mass is 10.1. The predicted octanol–water partition coefficient (Wildman–Crippen LogP) is 2.48. The monoisotopic (exact) mass is 176 g/mol. The van der Waals surface area contributed by atoms with E-state index >= 15 is 0 Å². The molecule has 0 saturated carbocycles. The van der Waals surface area contributed by atoms with Gasteiger partial charge in [-0.25, -0.2) is 4.79 Å². The minimum atomic E-state index is -0.392. The zero-order valence-corrected chi connectivity index (χ0v) is 7.57. The van der Waals surface area contributed by atoms with Crippen molar-refractivity contribution in [2.24, 2.45) is 0 Å². The minimum absolute atomic E-state index is 0.216. The number of esters is 1. The van der Waals surface area contributed by atoms with Crippen molar-refractivity contribution in [1.82, 2.24) is 0 Å². The summed E-state index contributed by atoms with van der Waals surface area (Å²) >= 11 is 0. The largest absolute Gasteiger partial charge is 0.455 e. The van der Waals surface area contributed by atoms with Crippen LogP contribution in [0.1, 0.15) is 18.6 Å². The third kappa shape index (κ3) is 2.75. The highest BCUT2D eigenvalue weighted by molar-refractivity contribution is 5.81. The zero-order chi connectivity index (χ0) is 9.68. The molecule has 0 aliphatic rings. The van der Waals surface area contributed by atoms with E-state index < -0.39 is 5.97 Å². The average Bonchev–Trinajstić information content (AvgIpc) is 2.19. The molecule has 1 aromatic rings. The Morgan fingerprint density at radius 2 is 2.08 bits per heavy atom. The molecule has 0 saturated heterocycles. The number of benzene rings is 1. The van der Waals surface area contributed by atoms with E-state index in [1.54, 1.807) is 0 Å². The van der Waals surface area contributed by atoms with Gasteiger partial charge in [-0.05, 0) is 12.5 Å². The van der Waals surface area contributed by atoms with E-state index in [0.29, 0.717) is 0 Å². The second-order valence-corrected chi connectivity index (χ2v) is 2.69. The van der Waals surface area contributed by atoms with Gasteiger partial charge in [-0.15, -0.1) is 0 Å². The lowest BCUT2D eigenvalue weighted by molar-refractivity contribution is -0.142. The van der Waals surface area contributed by atoms with Gasteiger partial charge in [0.25, 0.3) is 0 Å². The van der Waals surface area contributed by atoms with Gasteiger partial charge in [-0.2, -0.15) is 0 Å². The Hall–Kier alpha value is -1.57. The van der Waals surface area contributed by atoms with E-state index in [2.05, 4.69) is 6.58 Å². The van der Waals surface area contributed by atoms with Gasteiger partial charge in [-0.3, -0.25) is 0 Å². The molecule has 0 N–H and O–H groups in total. The van der Waals surface area contributed by atoms with Gasteiger partial charge in [0, 0.05) is 6.08 Å². The van der Waals surface area contributed by atoms with E-state index in [9.17, 15) is 4.79 Å². The molecule has 1 aromatic carbocycles. The Labute approximate surface area is 77.8 Å². The molecule has 0 aliphatic carbocycles. The summed E-state index contributed by atoms with van der Waals surface area (Å²) in [7, 11) is 0. The Balaban J connectivity index is 2.63. The number of carbonyl (C=O) groups is 1. The summed E-state index contributed by atoms with van der Waals surface area (Å²) in [5.41, 5.74) is 0.984. The van der Waals surface area contributed by atoms with Crippen molar-refractivity contribution in [2.75, 3.05) is 0 Å². The predicted molar refractivity (Wildman–Crippen MR) is 51.1 cm³/mol. The molecular formula is C11H12O2. The van der Waals surface area contributed by atoms with E-state index in [0.717, 1.165) is 5.56 Å². The van der Waals surface area contributed by atoms with Crippen molar-refractivity contribution in [3.8, 4) is 0 Å². The number of ether oxygens (including phenoxy) is 1. The molecular weight excluding hydrogens is 164 g/mol. The van der Waals surface area contributed by atoms with E-state index in [4.69, 9.17) is 4.74 Å². The quantitative estimate of drug-likeness (QED) is 0.522. The highest BCUT2D eigenvalue weighted by Gasteiger charge is 2.07. The number of hydrogen-bond donors (Lipinski definition) is 0. The van der Waals surface area contributed by atoms with E-state index in [1.165, 1.54) is 6.08 Å². The van der Waals surface area contributed by atoms with Gasteiger partial charge in [-0.1, -0.05) is 36.9 Å².